The number of thiophene rings is 1. The molecule has 1 aliphatic rings. The highest BCUT2D eigenvalue weighted by atomic mass is 32.2. The molecule has 7 rings (SSSR count). The Labute approximate surface area is 357 Å². The summed E-state index contributed by atoms with van der Waals surface area (Å²) in [4.78, 5) is 42.9. The minimum Gasteiger partial charge on any atom is -0.494 e. The number of amides is 1. The number of alkyl halides is 3. The van der Waals surface area contributed by atoms with Crippen molar-refractivity contribution in [3.8, 4) is 22.0 Å². The molecule has 0 spiro atoms. The summed E-state index contributed by atoms with van der Waals surface area (Å²) in [6.45, 7) is 6.27. The average molecular weight is 899 g/mol. The summed E-state index contributed by atoms with van der Waals surface area (Å²) in [5, 5.41) is 2.96. The summed E-state index contributed by atoms with van der Waals surface area (Å²) in [5.41, 5.74) is -0.553. The van der Waals surface area contributed by atoms with Gasteiger partial charge in [0.1, 0.15) is 21.6 Å². The van der Waals surface area contributed by atoms with E-state index in [1.165, 1.54) is 26.9 Å². The van der Waals surface area contributed by atoms with Gasteiger partial charge in [-0.1, -0.05) is 18.2 Å². The molecule has 1 N–H and O–H groups in total. The van der Waals surface area contributed by atoms with Crippen LogP contribution in [0.15, 0.2) is 93.2 Å². The molecule has 0 bridgehead atoms. The SMILES string of the molecule is CCOc1ccc(-n2c(C(CCNS(=O)(=O)c3ccc(-c4csc(C)n4)s3)N(CCN3CCOCC3)C(=O)Cc3ccc(C(F)(F)F)c(F)c3)nc3ccccc3c2=O)cc1. The van der Waals surface area contributed by atoms with Crippen LogP contribution in [0.1, 0.15) is 41.3 Å². The first-order valence-corrected chi connectivity index (χ1v) is 22.6. The molecule has 0 saturated carbocycles. The van der Waals surface area contributed by atoms with E-state index in [9.17, 15) is 35.6 Å². The number of nitrogens with one attached hydrogen (secondary N) is 1. The zero-order valence-corrected chi connectivity index (χ0v) is 35.6. The van der Waals surface area contributed by atoms with Crippen molar-refractivity contribution < 1.29 is 40.2 Å². The van der Waals surface area contributed by atoms with Crippen molar-refractivity contribution in [3.05, 3.63) is 122 Å². The maximum Gasteiger partial charge on any atom is 0.419 e. The lowest BCUT2D eigenvalue weighted by molar-refractivity contribution is -0.140. The summed E-state index contributed by atoms with van der Waals surface area (Å²) >= 11 is 2.50. The van der Waals surface area contributed by atoms with Gasteiger partial charge in [0.15, 0.2) is 0 Å². The van der Waals surface area contributed by atoms with Crippen LogP contribution >= 0.6 is 22.7 Å². The molecule has 0 radical (unpaired) electrons. The molecule has 3 aromatic heterocycles. The standard InChI is InChI=1S/C42H42F4N6O6S3/c1-3-58-30-11-9-29(10-12-30)52-40(49-34-7-5-4-6-31(34)41(52)54)36(16-17-47-61(55,56)39-15-14-37(60-39)35-26-59-27(2)48-35)51(19-18-50-20-22-57-23-21-50)38(53)25-28-8-13-32(33(43)24-28)42(44,45)46/h4-15,24,26,36,47H,3,16-23,25H2,1-2H3. The fourth-order valence-electron chi connectivity index (χ4n) is 7.09. The highest BCUT2D eigenvalue weighted by molar-refractivity contribution is 7.91. The Bertz CT molecular complexity index is 2660. The van der Waals surface area contributed by atoms with E-state index < -0.39 is 51.5 Å². The van der Waals surface area contributed by atoms with E-state index >= 15 is 0 Å². The van der Waals surface area contributed by atoms with E-state index in [2.05, 4.69) is 14.6 Å². The van der Waals surface area contributed by atoms with Gasteiger partial charge in [-0.05, 0) is 86.5 Å². The molecule has 6 aromatic rings. The van der Waals surface area contributed by atoms with Crippen LogP contribution < -0.4 is 15.0 Å². The second-order valence-electron chi connectivity index (χ2n) is 14.2. The van der Waals surface area contributed by atoms with Crippen LogP contribution in [0, 0.1) is 12.7 Å². The maximum atomic E-state index is 14.9. The fraction of sp³-hybridized carbons (Fsp3) is 0.333. The predicted molar refractivity (Wildman–Crippen MR) is 225 cm³/mol. The van der Waals surface area contributed by atoms with E-state index in [1.54, 1.807) is 54.6 Å². The number of fused-ring (bicyclic) bond motifs is 1. The second-order valence-corrected chi connectivity index (χ2v) is 18.3. The third-order valence-electron chi connectivity index (χ3n) is 10.1. The van der Waals surface area contributed by atoms with Crippen LogP contribution in [0.2, 0.25) is 0 Å². The molecule has 61 heavy (non-hydrogen) atoms. The van der Waals surface area contributed by atoms with Crippen molar-refractivity contribution in [2.45, 2.75) is 43.1 Å². The van der Waals surface area contributed by atoms with Crippen molar-refractivity contribution in [1.29, 1.82) is 0 Å². The van der Waals surface area contributed by atoms with E-state index in [0.717, 1.165) is 22.4 Å². The Morgan fingerprint density at radius 1 is 1.03 bits per heavy atom. The number of hydrogen-bond donors (Lipinski definition) is 1. The van der Waals surface area contributed by atoms with E-state index in [4.69, 9.17) is 14.5 Å². The van der Waals surface area contributed by atoms with Crippen molar-refractivity contribution in [2.75, 3.05) is 52.5 Å². The number of aromatic nitrogens is 3. The fourth-order valence-corrected chi connectivity index (χ4v) is 10.1. The summed E-state index contributed by atoms with van der Waals surface area (Å²) in [5.74, 6) is -1.47. The Morgan fingerprint density at radius 3 is 2.48 bits per heavy atom. The van der Waals surface area contributed by atoms with Gasteiger partial charge in [-0.15, -0.1) is 22.7 Å². The van der Waals surface area contributed by atoms with Gasteiger partial charge in [0, 0.05) is 38.1 Å². The Hall–Kier alpha value is -5.05. The van der Waals surface area contributed by atoms with Crippen molar-refractivity contribution in [1.82, 2.24) is 29.1 Å². The number of halogens is 4. The lowest BCUT2D eigenvalue weighted by atomic mass is 10.0. The molecule has 12 nitrogen and oxygen atoms in total. The number of para-hydroxylation sites is 1. The molecule has 19 heteroatoms. The number of nitrogens with zero attached hydrogens (tertiary/aromatic N) is 5. The number of rotatable bonds is 16. The molecule has 322 valence electrons. The molecule has 0 aliphatic carbocycles. The first-order valence-electron chi connectivity index (χ1n) is 19.4. The zero-order chi connectivity index (χ0) is 43.3. The van der Waals surface area contributed by atoms with Crippen molar-refractivity contribution >= 4 is 49.5 Å². The van der Waals surface area contributed by atoms with Crippen LogP contribution in [0.3, 0.4) is 0 Å². The number of aryl methyl sites for hydroxylation is 1. The van der Waals surface area contributed by atoms with Gasteiger partial charge in [0.05, 0.1) is 70.0 Å². The molecule has 3 aromatic carbocycles. The normalized spacial score (nSPS) is 14.3. The van der Waals surface area contributed by atoms with Gasteiger partial charge in [0.2, 0.25) is 15.9 Å². The van der Waals surface area contributed by atoms with Gasteiger partial charge in [-0.25, -0.2) is 27.5 Å². The molecular weight excluding hydrogens is 857 g/mol. The number of sulfonamides is 1. The summed E-state index contributed by atoms with van der Waals surface area (Å²) in [6.07, 6.45) is -5.54. The minimum absolute atomic E-state index is 0.00879. The van der Waals surface area contributed by atoms with E-state index in [0.29, 0.717) is 79.1 Å². The quantitative estimate of drug-likeness (QED) is 0.0998. The third kappa shape index (κ3) is 10.4. The van der Waals surface area contributed by atoms with Gasteiger partial charge in [0.25, 0.3) is 5.56 Å². The summed E-state index contributed by atoms with van der Waals surface area (Å²) in [7, 11) is -4.10. The highest BCUT2D eigenvalue weighted by Gasteiger charge is 2.35. The minimum atomic E-state index is -4.94. The van der Waals surface area contributed by atoms with Crippen LogP contribution in [0.4, 0.5) is 17.6 Å². The van der Waals surface area contributed by atoms with E-state index in [1.807, 2.05) is 19.2 Å². The van der Waals surface area contributed by atoms with Crippen molar-refractivity contribution in [2.24, 2.45) is 0 Å². The first-order chi connectivity index (χ1) is 29.2. The molecular formula is C42H42F4N6O6S3. The summed E-state index contributed by atoms with van der Waals surface area (Å²) < 4.78 is 98.2. The number of benzene rings is 3. The van der Waals surface area contributed by atoms with Gasteiger partial charge in [-0.2, -0.15) is 13.2 Å². The van der Waals surface area contributed by atoms with Gasteiger partial charge >= 0.3 is 6.18 Å². The average Bonchev–Trinajstić information content (AvgIpc) is 3.91. The lowest BCUT2D eigenvalue weighted by Gasteiger charge is -2.35. The number of hydrogen-bond acceptors (Lipinski definition) is 11. The Balaban J connectivity index is 1.31. The second kappa shape index (κ2) is 18.9. The topological polar surface area (TPSA) is 136 Å². The molecule has 1 saturated heterocycles. The number of ether oxygens (including phenoxy) is 2. The van der Waals surface area contributed by atoms with Crippen LogP contribution in [0.5, 0.6) is 5.75 Å². The number of carbonyl (C=O) groups excluding carboxylic acids is 1. The van der Waals surface area contributed by atoms with Crippen LogP contribution in [-0.4, -0.2) is 91.2 Å². The maximum absolute atomic E-state index is 14.9. The largest absolute Gasteiger partial charge is 0.494 e. The summed E-state index contributed by atoms with van der Waals surface area (Å²) in [6, 6.07) is 17.9. The molecule has 1 aliphatic heterocycles. The van der Waals surface area contributed by atoms with Crippen LogP contribution in [-0.2, 0) is 32.2 Å². The molecule has 4 heterocycles. The highest BCUT2D eigenvalue weighted by Crippen LogP contribution is 2.34. The molecule has 1 unspecified atom stereocenters. The lowest BCUT2D eigenvalue weighted by Crippen LogP contribution is -2.46. The third-order valence-corrected chi connectivity index (χ3v) is 13.9. The molecule has 1 amide bonds. The number of morpholine rings is 1. The monoisotopic (exact) mass is 898 g/mol. The number of thiazole rings is 1. The van der Waals surface area contributed by atoms with Gasteiger partial charge < -0.3 is 14.4 Å². The van der Waals surface area contributed by atoms with Crippen molar-refractivity contribution in [3.63, 3.8) is 0 Å². The predicted octanol–water partition coefficient (Wildman–Crippen LogP) is 7.25. The smallest absolute Gasteiger partial charge is 0.419 e. The zero-order valence-electron chi connectivity index (χ0n) is 33.2. The van der Waals surface area contributed by atoms with Crippen LogP contribution in [0.25, 0.3) is 27.2 Å². The molecule has 1 fully saturated rings. The van der Waals surface area contributed by atoms with Gasteiger partial charge in [-0.3, -0.25) is 19.1 Å². The number of carbonyl (C=O) groups is 1. The Kier molecular flexibility index (Phi) is 13.7. The molecule has 1 atom stereocenters. The van der Waals surface area contributed by atoms with E-state index in [-0.39, 0.29) is 40.5 Å². The Morgan fingerprint density at radius 2 is 1.79 bits per heavy atom. The first kappa shape index (κ1) is 44.0.